The van der Waals surface area contributed by atoms with E-state index in [4.69, 9.17) is 0 Å². The summed E-state index contributed by atoms with van der Waals surface area (Å²) < 4.78 is 0. The predicted octanol–water partition coefficient (Wildman–Crippen LogP) is 2.59. The number of benzene rings is 1. The molecule has 0 saturated carbocycles. The predicted molar refractivity (Wildman–Crippen MR) is 96.4 cm³/mol. The highest BCUT2D eigenvalue weighted by atomic mass is 16.2. The van der Waals surface area contributed by atoms with Crippen LogP contribution in [0.25, 0.3) is 10.9 Å². The van der Waals surface area contributed by atoms with E-state index in [0.29, 0.717) is 11.3 Å². The number of aromatic nitrogens is 2. The number of aromatic amines is 1. The number of carbonyl (C=O) groups is 2. The van der Waals surface area contributed by atoms with Crippen LogP contribution in [0.2, 0.25) is 0 Å². The number of hydrogen-bond donors (Lipinski definition) is 3. The highest BCUT2D eigenvalue weighted by Gasteiger charge is 2.09. The van der Waals surface area contributed by atoms with Gasteiger partial charge in [0.05, 0.1) is 12.2 Å². The molecule has 3 rings (SSSR count). The zero-order valence-corrected chi connectivity index (χ0v) is 14.0. The number of H-pyrrole nitrogens is 1. The number of pyridine rings is 1. The molecule has 2 aromatic heterocycles. The molecule has 128 valence electrons. The number of nitrogens with zero attached hydrogens (tertiary/aromatic N) is 2. The van der Waals surface area contributed by atoms with Crippen molar-refractivity contribution in [2.75, 3.05) is 19.4 Å². The summed E-state index contributed by atoms with van der Waals surface area (Å²) in [7, 11) is 3.32. The molecule has 0 fully saturated rings. The number of carbonyl (C=O) groups excluding carboxylic acids is 2. The van der Waals surface area contributed by atoms with Gasteiger partial charge in [-0.25, -0.2) is 4.79 Å². The first-order valence-corrected chi connectivity index (χ1v) is 7.81. The molecule has 0 atom stereocenters. The summed E-state index contributed by atoms with van der Waals surface area (Å²) in [5, 5.41) is 6.62. The molecule has 0 aliphatic carbocycles. The number of urea groups is 1. The molecule has 0 saturated heterocycles. The van der Waals surface area contributed by atoms with Crippen LogP contribution in [0, 0.1) is 0 Å². The van der Waals surface area contributed by atoms with Crippen molar-refractivity contribution < 1.29 is 9.59 Å². The van der Waals surface area contributed by atoms with E-state index in [2.05, 4.69) is 20.6 Å². The van der Waals surface area contributed by atoms with Crippen LogP contribution in [-0.2, 0) is 6.54 Å². The van der Waals surface area contributed by atoms with Crippen molar-refractivity contribution in [3.8, 4) is 0 Å². The second-order valence-corrected chi connectivity index (χ2v) is 5.82. The lowest BCUT2D eigenvalue weighted by Crippen LogP contribution is -2.34. The monoisotopic (exact) mass is 337 g/mol. The van der Waals surface area contributed by atoms with Crippen molar-refractivity contribution in [2.45, 2.75) is 6.54 Å². The van der Waals surface area contributed by atoms with Crippen LogP contribution >= 0.6 is 0 Å². The molecule has 0 unspecified atom stereocenters. The second kappa shape index (κ2) is 7.04. The number of nitrogens with one attached hydrogen (secondary N) is 3. The van der Waals surface area contributed by atoms with Gasteiger partial charge >= 0.3 is 6.03 Å². The first-order chi connectivity index (χ1) is 12.0. The molecular weight excluding hydrogens is 318 g/mol. The summed E-state index contributed by atoms with van der Waals surface area (Å²) in [6, 6.07) is 10.7. The van der Waals surface area contributed by atoms with Gasteiger partial charge in [-0.15, -0.1) is 0 Å². The molecule has 3 aromatic rings. The van der Waals surface area contributed by atoms with Crippen molar-refractivity contribution >= 4 is 28.5 Å². The topological polar surface area (TPSA) is 90.1 Å². The number of fused-ring (bicyclic) bond motifs is 1. The third kappa shape index (κ3) is 3.95. The first-order valence-electron chi connectivity index (χ1n) is 7.81. The van der Waals surface area contributed by atoms with Crippen molar-refractivity contribution in [1.29, 1.82) is 0 Å². The van der Waals surface area contributed by atoms with E-state index in [0.717, 1.165) is 16.6 Å². The molecule has 2 heterocycles. The average molecular weight is 337 g/mol. The van der Waals surface area contributed by atoms with Gasteiger partial charge in [-0.05, 0) is 36.4 Å². The minimum absolute atomic E-state index is 0.212. The Labute approximate surface area is 145 Å². The van der Waals surface area contributed by atoms with Gasteiger partial charge in [-0.3, -0.25) is 9.78 Å². The Morgan fingerprint density at radius 3 is 2.80 bits per heavy atom. The average Bonchev–Trinajstić information content (AvgIpc) is 3.07. The Kier molecular flexibility index (Phi) is 4.65. The Bertz CT molecular complexity index is 916. The lowest BCUT2D eigenvalue weighted by Gasteiger charge is -2.12. The van der Waals surface area contributed by atoms with Gasteiger partial charge < -0.3 is 20.5 Å². The summed E-state index contributed by atoms with van der Waals surface area (Å²) in [5.74, 6) is -0.225. The zero-order valence-electron chi connectivity index (χ0n) is 14.0. The van der Waals surface area contributed by atoms with Gasteiger partial charge in [-0.2, -0.15) is 0 Å². The summed E-state index contributed by atoms with van der Waals surface area (Å²) in [6.45, 7) is 0.257. The number of amides is 3. The SMILES string of the molecule is CN(C)C(=O)NCc1cc(C(=O)Nc2ccc3[nH]ccc3c2)ccn1. The first kappa shape index (κ1) is 16.5. The Hall–Kier alpha value is -3.35. The highest BCUT2D eigenvalue weighted by Crippen LogP contribution is 2.18. The van der Waals surface area contributed by atoms with Crippen molar-refractivity contribution in [3.63, 3.8) is 0 Å². The highest BCUT2D eigenvalue weighted by molar-refractivity contribution is 6.05. The standard InChI is InChI=1S/C18H19N5O2/c1-23(2)18(25)21-11-15-10-13(6-7-19-15)17(24)22-14-3-4-16-12(9-14)5-8-20-16/h3-10,20H,11H2,1-2H3,(H,21,25)(H,22,24). The van der Waals surface area contributed by atoms with Gasteiger partial charge in [0, 0.05) is 48.6 Å². The van der Waals surface area contributed by atoms with Crippen LogP contribution in [0.1, 0.15) is 16.1 Å². The molecule has 7 heteroatoms. The van der Waals surface area contributed by atoms with Crippen molar-refractivity contribution in [1.82, 2.24) is 20.2 Å². The minimum Gasteiger partial charge on any atom is -0.361 e. The lowest BCUT2D eigenvalue weighted by atomic mass is 10.2. The van der Waals surface area contributed by atoms with Crippen LogP contribution in [0.15, 0.2) is 48.8 Å². The summed E-state index contributed by atoms with van der Waals surface area (Å²) in [4.78, 5) is 32.7. The lowest BCUT2D eigenvalue weighted by molar-refractivity contribution is 0.102. The molecule has 0 aliphatic heterocycles. The third-order valence-electron chi connectivity index (χ3n) is 3.72. The summed E-state index contributed by atoms with van der Waals surface area (Å²) in [5.41, 5.74) is 2.83. The number of anilines is 1. The van der Waals surface area contributed by atoms with E-state index in [1.807, 2.05) is 30.5 Å². The summed E-state index contributed by atoms with van der Waals surface area (Å²) in [6.07, 6.45) is 3.41. The molecule has 3 N–H and O–H groups in total. The van der Waals surface area contributed by atoms with Gasteiger partial charge in [-0.1, -0.05) is 0 Å². The Morgan fingerprint density at radius 2 is 2.00 bits per heavy atom. The van der Waals surface area contributed by atoms with Crippen LogP contribution in [0.3, 0.4) is 0 Å². The van der Waals surface area contributed by atoms with Crippen LogP contribution in [0.5, 0.6) is 0 Å². The quantitative estimate of drug-likeness (QED) is 0.683. The molecule has 3 amide bonds. The minimum atomic E-state index is -0.225. The molecule has 7 nitrogen and oxygen atoms in total. The van der Waals surface area contributed by atoms with Crippen molar-refractivity contribution in [3.05, 3.63) is 60.0 Å². The maximum Gasteiger partial charge on any atom is 0.317 e. The molecular formula is C18H19N5O2. The normalized spacial score (nSPS) is 10.5. The largest absolute Gasteiger partial charge is 0.361 e. The van der Waals surface area contributed by atoms with E-state index in [-0.39, 0.29) is 18.5 Å². The molecule has 0 radical (unpaired) electrons. The fourth-order valence-corrected chi connectivity index (χ4v) is 2.37. The summed E-state index contributed by atoms with van der Waals surface area (Å²) >= 11 is 0. The van der Waals surface area contributed by atoms with Gasteiger partial charge in [0.15, 0.2) is 0 Å². The van der Waals surface area contributed by atoms with E-state index in [1.54, 1.807) is 32.4 Å². The third-order valence-corrected chi connectivity index (χ3v) is 3.72. The molecule has 1 aromatic carbocycles. The van der Waals surface area contributed by atoms with Crippen LogP contribution in [-0.4, -0.2) is 40.9 Å². The molecule has 0 spiro atoms. The maximum absolute atomic E-state index is 12.4. The van der Waals surface area contributed by atoms with Gasteiger partial charge in [0.25, 0.3) is 5.91 Å². The zero-order chi connectivity index (χ0) is 17.8. The molecule has 0 aliphatic rings. The van der Waals surface area contributed by atoms with E-state index >= 15 is 0 Å². The number of rotatable bonds is 4. The van der Waals surface area contributed by atoms with Gasteiger partial charge in [0.1, 0.15) is 0 Å². The van der Waals surface area contributed by atoms with E-state index in [9.17, 15) is 9.59 Å². The van der Waals surface area contributed by atoms with E-state index in [1.165, 1.54) is 4.90 Å². The fraction of sp³-hybridized carbons (Fsp3) is 0.167. The smallest absolute Gasteiger partial charge is 0.317 e. The molecule has 25 heavy (non-hydrogen) atoms. The fourth-order valence-electron chi connectivity index (χ4n) is 2.37. The van der Waals surface area contributed by atoms with Gasteiger partial charge in [0.2, 0.25) is 0 Å². The Morgan fingerprint density at radius 1 is 1.16 bits per heavy atom. The van der Waals surface area contributed by atoms with Crippen LogP contribution in [0.4, 0.5) is 10.5 Å². The van der Waals surface area contributed by atoms with E-state index < -0.39 is 0 Å². The number of hydrogen-bond acceptors (Lipinski definition) is 3. The molecule has 0 bridgehead atoms. The second-order valence-electron chi connectivity index (χ2n) is 5.82. The maximum atomic E-state index is 12.4. The van der Waals surface area contributed by atoms with Crippen LogP contribution < -0.4 is 10.6 Å². The Balaban J connectivity index is 1.69. The van der Waals surface area contributed by atoms with Crippen molar-refractivity contribution in [2.24, 2.45) is 0 Å².